The van der Waals surface area contributed by atoms with Gasteiger partial charge in [0, 0.05) is 5.39 Å². The van der Waals surface area contributed by atoms with Crippen molar-refractivity contribution >= 4 is 22.7 Å². The zero-order valence-electron chi connectivity index (χ0n) is 17.3. The Bertz CT molecular complexity index is 1010. The maximum Gasteiger partial charge on any atom is 0.534 e. The van der Waals surface area contributed by atoms with Crippen LogP contribution in [0.25, 0.3) is 10.9 Å². The van der Waals surface area contributed by atoms with Crippen LogP contribution in [-0.2, 0) is 9.47 Å². The third kappa shape index (κ3) is 5.94. The molecule has 9 nitrogen and oxygen atoms in total. The zero-order valence-corrected chi connectivity index (χ0v) is 17.3. The van der Waals surface area contributed by atoms with Gasteiger partial charge < -0.3 is 19.9 Å². The van der Waals surface area contributed by atoms with E-state index >= 15 is 0 Å². The second kappa shape index (κ2) is 8.11. The van der Waals surface area contributed by atoms with Gasteiger partial charge in [-0.05, 0) is 53.7 Å². The lowest BCUT2D eigenvalue weighted by molar-refractivity contribution is -0.148. The number of nitriles is 1. The van der Waals surface area contributed by atoms with Crippen molar-refractivity contribution < 1.29 is 24.2 Å². The van der Waals surface area contributed by atoms with Gasteiger partial charge in [0.25, 0.3) is 0 Å². The number of nitrogens with one attached hydrogen (secondary N) is 1. The standard InChI is InChI=1S/C20H25N3O6/c1-19(2,3)27-17(25)22-14-10-12-8-7-9-13(11-21)15(12)23(16(14)24)29-18(26)28-20(4,5)6/h7-10,17,22,25H,1-6H3. The third-order valence-electron chi connectivity index (χ3n) is 3.40. The van der Waals surface area contributed by atoms with Crippen molar-refractivity contribution in [2.75, 3.05) is 5.32 Å². The summed E-state index contributed by atoms with van der Waals surface area (Å²) in [5, 5.41) is 22.5. The molecule has 0 fully saturated rings. The normalized spacial score (nSPS) is 12.9. The van der Waals surface area contributed by atoms with E-state index in [-0.39, 0.29) is 16.8 Å². The predicted molar refractivity (Wildman–Crippen MR) is 106 cm³/mol. The highest BCUT2D eigenvalue weighted by atomic mass is 16.8. The second-order valence-electron chi connectivity index (χ2n) is 8.30. The summed E-state index contributed by atoms with van der Waals surface area (Å²) in [6.07, 6.45) is -2.61. The van der Waals surface area contributed by atoms with Gasteiger partial charge in [0.2, 0.25) is 6.41 Å². The molecule has 1 aromatic carbocycles. The van der Waals surface area contributed by atoms with E-state index in [0.717, 1.165) is 0 Å². The molecule has 2 aromatic rings. The van der Waals surface area contributed by atoms with Gasteiger partial charge in [-0.25, -0.2) is 4.79 Å². The molecule has 0 amide bonds. The molecule has 156 valence electrons. The summed E-state index contributed by atoms with van der Waals surface area (Å²) in [4.78, 5) is 30.2. The van der Waals surface area contributed by atoms with Crippen LogP contribution in [0.5, 0.6) is 0 Å². The van der Waals surface area contributed by atoms with Crippen LogP contribution in [0.15, 0.2) is 29.1 Å². The van der Waals surface area contributed by atoms with Crippen molar-refractivity contribution in [3.8, 4) is 6.07 Å². The Hall–Kier alpha value is -3.09. The van der Waals surface area contributed by atoms with Gasteiger partial charge in [-0.1, -0.05) is 12.1 Å². The molecule has 2 N–H and O–H groups in total. The fraction of sp³-hybridized carbons (Fsp3) is 0.450. The fourth-order valence-corrected chi connectivity index (χ4v) is 2.45. The number of nitrogens with zero attached hydrogens (tertiary/aromatic N) is 2. The summed E-state index contributed by atoms with van der Waals surface area (Å²) in [5.41, 5.74) is -2.19. The molecule has 0 aliphatic rings. The van der Waals surface area contributed by atoms with Gasteiger partial charge >= 0.3 is 11.7 Å². The molecular formula is C20H25N3O6. The van der Waals surface area contributed by atoms with Gasteiger partial charge in [-0.15, -0.1) is 4.73 Å². The number of aromatic nitrogens is 1. The minimum absolute atomic E-state index is 0.0899. The molecule has 0 saturated heterocycles. The van der Waals surface area contributed by atoms with Crippen LogP contribution in [0.4, 0.5) is 10.5 Å². The number of fused-ring (bicyclic) bond motifs is 1. The minimum atomic E-state index is -1.49. The van der Waals surface area contributed by atoms with E-state index in [1.807, 2.05) is 6.07 Å². The van der Waals surface area contributed by atoms with Crippen LogP contribution in [-0.4, -0.2) is 33.6 Å². The first-order chi connectivity index (χ1) is 13.3. The highest BCUT2D eigenvalue weighted by Gasteiger charge is 2.23. The number of aliphatic hydroxyl groups excluding tert-OH is 1. The molecule has 0 saturated carbocycles. The summed E-state index contributed by atoms with van der Waals surface area (Å²) in [5.74, 6) is 0. The summed E-state index contributed by atoms with van der Waals surface area (Å²) >= 11 is 0. The van der Waals surface area contributed by atoms with E-state index < -0.39 is 29.3 Å². The van der Waals surface area contributed by atoms with E-state index in [1.165, 1.54) is 12.1 Å². The number of ether oxygens (including phenoxy) is 2. The van der Waals surface area contributed by atoms with Gasteiger partial charge in [-0.3, -0.25) is 9.63 Å². The summed E-state index contributed by atoms with van der Waals surface area (Å²) in [7, 11) is 0. The molecule has 2 rings (SSSR count). The Morgan fingerprint density at radius 1 is 1.21 bits per heavy atom. The largest absolute Gasteiger partial charge is 0.534 e. The molecule has 0 aliphatic heterocycles. The van der Waals surface area contributed by atoms with E-state index in [0.29, 0.717) is 10.1 Å². The van der Waals surface area contributed by atoms with Crippen LogP contribution >= 0.6 is 0 Å². The number of hydrogen-bond donors (Lipinski definition) is 2. The van der Waals surface area contributed by atoms with Crippen molar-refractivity contribution in [3.05, 3.63) is 40.2 Å². The van der Waals surface area contributed by atoms with E-state index in [2.05, 4.69) is 5.32 Å². The summed E-state index contributed by atoms with van der Waals surface area (Å²) < 4.78 is 11.1. The van der Waals surface area contributed by atoms with Gasteiger partial charge in [-0.2, -0.15) is 5.26 Å². The number of rotatable bonds is 4. The fourth-order valence-electron chi connectivity index (χ4n) is 2.45. The molecule has 29 heavy (non-hydrogen) atoms. The lowest BCUT2D eigenvalue weighted by Gasteiger charge is -2.25. The van der Waals surface area contributed by atoms with Crippen LogP contribution in [0.2, 0.25) is 0 Å². The maximum atomic E-state index is 12.9. The van der Waals surface area contributed by atoms with Crippen LogP contribution in [0, 0.1) is 11.3 Å². The SMILES string of the molecule is CC(C)(C)OC(=O)On1c(=O)c(NC(O)OC(C)(C)C)cc2cccc(C#N)c21. The Kier molecular flexibility index (Phi) is 6.21. The average Bonchev–Trinajstić information content (AvgIpc) is 2.54. The first kappa shape index (κ1) is 22.2. The number of para-hydroxylation sites is 1. The molecule has 0 radical (unpaired) electrons. The lowest BCUT2D eigenvalue weighted by atomic mass is 10.1. The first-order valence-corrected chi connectivity index (χ1v) is 8.93. The summed E-state index contributed by atoms with van der Waals surface area (Å²) in [6.45, 7) is 10.2. The highest BCUT2D eigenvalue weighted by molar-refractivity contribution is 5.87. The quantitative estimate of drug-likeness (QED) is 0.590. The molecule has 1 aromatic heterocycles. The number of hydrogen-bond acceptors (Lipinski definition) is 8. The molecular weight excluding hydrogens is 378 g/mol. The minimum Gasteiger partial charge on any atom is -0.427 e. The predicted octanol–water partition coefficient (Wildman–Crippen LogP) is 2.74. The monoisotopic (exact) mass is 403 g/mol. The number of carbonyl (C=O) groups excluding carboxylic acids is 1. The lowest BCUT2D eigenvalue weighted by Crippen LogP contribution is -2.38. The van der Waals surface area contributed by atoms with E-state index in [1.54, 1.807) is 53.7 Å². The number of benzene rings is 1. The molecule has 0 bridgehead atoms. The first-order valence-electron chi connectivity index (χ1n) is 8.93. The third-order valence-corrected chi connectivity index (χ3v) is 3.40. The molecule has 9 heteroatoms. The molecule has 0 aliphatic carbocycles. The second-order valence-corrected chi connectivity index (χ2v) is 8.30. The Morgan fingerprint density at radius 3 is 2.41 bits per heavy atom. The Morgan fingerprint density at radius 2 is 1.86 bits per heavy atom. The van der Waals surface area contributed by atoms with E-state index in [9.17, 15) is 20.0 Å². The van der Waals surface area contributed by atoms with E-state index in [4.69, 9.17) is 14.3 Å². The Balaban J connectivity index is 2.56. The van der Waals surface area contributed by atoms with Gasteiger partial charge in [0.15, 0.2) is 0 Å². The number of carbonyl (C=O) groups is 1. The smallest absolute Gasteiger partial charge is 0.427 e. The number of pyridine rings is 1. The van der Waals surface area contributed by atoms with Crippen molar-refractivity contribution in [2.45, 2.75) is 59.2 Å². The zero-order chi connectivity index (χ0) is 22.0. The molecule has 0 spiro atoms. The maximum absolute atomic E-state index is 12.9. The van der Waals surface area contributed by atoms with Crippen LogP contribution in [0.1, 0.15) is 47.1 Å². The van der Waals surface area contributed by atoms with Crippen molar-refractivity contribution in [1.82, 2.24) is 4.73 Å². The highest BCUT2D eigenvalue weighted by Crippen LogP contribution is 2.21. The van der Waals surface area contributed by atoms with Crippen molar-refractivity contribution in [1.29, 1.82) is 5.26 Å². The number of anilines is 1. The molecule has 1 atom stereocenters. The van der Waals surface area contributed by atoms with Crippen molar-refractivity contribution in [3.63, 3.8) is 0 Å². The van der Waals surface area contributed by atoms with Gasteiger partial charge in [0.05, 0.1) is 11.2 Å². The van der Waals surface area contributed by atoms with Gasteiger partial charge in [0.1, 0.15) is 22.9 Å². The Labute approximate surface area is 168 Å². The van der Waals surface area contributed by atoms with Crippen LogP contribution in [0.3, 0.4) is 0 Å². The topological polar surface area (TPSA) is 123 Å². The molecule has 1 heterocycles. The van der Waals surface area contributed by atoms with Crippen molar-refractivity contribution in [2.24, 2.45) is 0 Å². The number of aliphatic hydroxyl groups is 1. The average molecular weight is 403 g/mol. The van der Waals surface area contributed by atoms with Crippen LogP contribution < -0.4 is 15.7 Å². The summed E-state index contributed by atoms with van der Waals surface area (Å²) in [6, 6.07) is 8.14. The molecule has 1 unspecified atom stereocenters.